The van der Waals surface area contributed by atoms with Crippen molar-refractivity contribution in [2.24, 2.45) is 5.92 Å². The van der Waals surface area contributed by atoms with Crippen molar-refractivity contribution in [1.82, 2.24) is 9.55 Å². The molecule has 34 heavy (non-hydrogen) atoms. The molecule has 0 aliphatic heterocycles. The van der Waals surface area contributed by atoms with Crippen LogP contribution < -0.4 is 15.6 Å². The first-order chi connectivity index (χ1) is 16.4. The number of rotatable bonds is 7. The summed E-state index contributed by atoms with van der Waals surface area (Å²) < 4.78 is 6.88. The van der Waals surface area contributed by atoms with Gasteiger partial charge in [-0.2, -0.15) is 0 Å². The van der Waals surface area contributed by atoms with Gasteiger partial charge < -0.3 is 15.2 Å². The third kappa shape index (κ3) is 4.72. The number of benzene rings is 2. The molecule has 4 rings (SSSR count). The highest BCUT2D eigenvalue weighted by atomic mass is 35.5. The second-order valence-corrected chi connectivity index (χ2v) is 8.24. The smallest absolute Gasteiger partial charge is 0.336 e. The minimum Gasteiger partial charge on any atom is -0.496 e. The zero-order valence-electron chi connectivity index (χ0n) is 18.3. The number of nitrogens with zero attached hydrogens (tertiary/aromatic N) is 2. The van der Waals surface area contributed by atoms with E-state index in [2.05, 4.69) is 10.3 Å². The second-order valence-electron chi connectivity index (χ2n) is 7.79. The molecule has 0 bridgehead atoms. The lowest BCUT2D eigenvalue weighted by molar-refractivity contribution is -0.132. The quantitative estimate of drug-likeness (QED) is 0.534. The van der Waals surface area contributed by atoms with E-state index in [1.54, 1.807) is 25.3 Å². The minimum absolute atomic E-state index is 0.0296. The van der Waals surface area contributed by atoms with Crippen LogP contribution in [-0.2, 0) is 22.6 Å². The molecule has 1 aliphatic rings. The average molecular weight is 480 g/mol. The maximum Gasteiger partial charge on any atom is 0.336 e. The number of carbonyl (C=O) groups excluding carboxylic acids is 1. The molecule has 1 heterocycles. The minimum atomic E-state index is -1.14. The van der Waals surface area contributed by atoms with Gasteiger partial charge in [0, 0.05) is 11.6 Å². The fourth-order valence-corrected chi connectivity index (χ4v) is 4.19. The van der Waals surface area contributed by atoms with E-state index in [0.717, 1.165) is 11.3 Å². The van der Waals surface area contributed by atoms with Gasteiger partial charge in [0.05, 0.1) is 41.5 Å². The van der Waals surface area contributed by atoms with Gasteiger partial charge in [0.15, 0.2) is 0 Å². The van der Waals surface area contributed by atoms with Crippen molar-refractivity contribution in [3.05, 3.63) is 87.5 Å². The first-order valence-corrected chi connectivity index (χ1v) is 11.0. The predicted octanol–water partition coefficient (Wildman–Crippen LogP) is 3.74. The summed E-state index contributed by atoms with van der Waals surface area (Å²) in [6.07, 6.45) is 4.95. The van der Waals surface area contributed by atoms with Crippen molar-refractivity contribution in [3.63, 3.8) is 0 Å². The van der Waals surface area contributed by atoms with Crippen LogP contribution in [0.1, 0.15) is 12.0 Å². The molecular formula is C25H22ClN3O5. The van der Waals surface area contributed by atoms with Crippen molar-refractivity contribution < 1.29 is 19.4 Å². The number of aromatic nitrogens is 2. The van der Waals surface area contributed by atoms with E-state index in [1.807, 2.05) is 24.3 Å². The molecule has 1 unspecified atom stereocenters. The van der Waals surface area contributed by atoms with Crippen LogP contribution in [0.4, 0.5) is 5.69 Å². The second kappa shape index (κ2) is 9.93. The Hall–Kier alpha value is -3.91. The van der Waals surface area contributed by atoms with Crippen molar-refractivity contribution >= 4 is 40.1 Å². The molecule has 1 aromatic heterocycles. The van der Waals surface area contributed by atoms with E-state index >= 15 is 0 Å². The summed E-state index contributed by atoms with van der Waals surface area (Å²) in [6, 6.07) is 12.6. The normalized spacial score (nSPS) is 15.4. The molecular weight excluding hydrogens is 458 g/mol. The molecule has 2 aromatic carbocycles. The van der Waals surface area contributed by atoms with E-state index in [1.165, 1.54) is 23.0 Å². The molecule has 1 amide bonds. The van der Waals surface area contributed by atoms with Gasteiger partial charge in [0.1, 0.15) is 5.75 Å². The Balaban J connectivity index is 1.58. The van der Waals surface area contributed by atoms with Crippen LogP contribution in [0.3, 0.4) is 0 Å². The third-order valence-corrected chi connectivity index (χ3v) is 6.04. The summed E-state index contributed by atoms with van der Waals surface area (Å²) in [6.45, 7) is 0.383. The number of halogens is 1. The lowest BCUT2D eigenvalue weighted by Crippen LogP contribution is -2.26. The van der Waals surface area contributed by atoms with Crippen LogP contribution in [0, 0.1) is 5.92 Å². The van der Waals surface area contributed by atoms with E-state index in [9.17, 15) is 14.4 Å². The highest BCUT2D eigenvalue weighted by Crippen LogP contribution is 2.28. The van der Waals surface area contributed by atoms with Crippen LogP contribution in [0.15, 0.2) is 76.3 Å². The Kier molecular flexibility index (Phi) is 6.79. The number of amides is 1. The number of carbonyl (C=O) groups is 2. The van der Waals surface area contributed by atoms with Gasteiger partial charge in [-0.1, -0.05) is 41.9 Å². The number of allylic oxidation sites excluding steroid dienone is 1. The summed E-state index contributed by atoms with van der Waals surface area (Å²) >= 11 is 6.06. The topological polar surface area (TPSA) is 111 Å². The summed E-state index contributed by atoms with van der Waals surface area (Å²) in [7, 11) is 1.60. The SMILES string of the molecule is COc1ccccc1CCn1cnc2cccc(NC(=O)C3C=CC(C(=O)O)=C(Cl)C3)c2c1=O. The Morgan fingerprint density at radius 3 is 2.76 bits per heavy atom. The van der Waals surface area contributed by atoms with Crippen molar-refractivity contribution in [2.45, 2.75) is 19.4 Å². The van der Waals surface area contributed by atoms with Crippen molar-refractivity contribution in [2.75, 3.05) is 12.4 Å². The first kappa shape index (κ1) is 23.3. The monoisotopic (exact) mass is 479 g/mol. The van der Waals surface area contributed by atoms with Gasteiger partial charge in [0.25, 0.3) is 5.56 Å². The average Bonchev–Trinajstić information content (AvgIpc) is 2.83. The molecule has 0 radical (unpaired) electrons. The number of aryl methyl sites for hydroxylation is 2. The number of ether oxygens (including phenoxy) is 1. The van der Waals surface area contributed by atoms with Crippen LogP contribution >= 0.6 is 11.6 Å². The van der Waals surface area contributed by atoms with E-state index in [0.29, 0.717) is 29.6 Å². The number of hydrogen-bond acceptors (Lipinski definition) is 5. The number of nitrogens with one attached hydrogen (secondary N) is 1. The Morgan fingerprint density at radius 1 is 1.24 bits per heavy atom. The largest absolute Gasteiger partial charge is 0.496 e. The number of carboxylic acid groups (broad SMARTS) is 1. The molecule has 0 saturated heterocycles. The van der Waals surface area contributed by atoms with Gasteiger partial charge in [-0.05, 0) is 42.7 Å². The zero-order chi connectivity index (χ0) is 24.2. The van der Waals surface area contributed by atoms with Crippen molar-refractivity contribution in [1.29, 1.82) is 0 Å². The van der Waals surface area contributed by atoms with E-state index in [4.69, 9.17) is 21.4 Å². The maximum atomic E-state index is 13.3. The summed E-state index contributed by atoms with van der Waals surface area (Å²) in [5.41, 5.74) is 1.46. The Morgan fingerprint density at radius 2 is 2.03 bits per heavy atom. The third-order valence-electron chi connectivity index (χ3n) is 5.68. The molecule has 3 aromatic rings. The Bertz CT molecular complexity index is 1390. The van der Waals surface area contributed by atoms with Gasteiger partial charge in [-0.25, -0.2) is 9.78 Å². The van der Waals surface area contributed by atoms with E-state index in [-0.39, 0.29) is 22.6 Å². The lowest BCUT2D eigenvalue weighted by atomic mass is 9.95. The number of para-hydroxylation sites is 1. The highest BCUT2D eigenvalue weighted by Gasteiger charge is 2.25. The molecule has 9 heteroatoms. The first-order valence-electron chi connectivity index (χ1n) is 10.6. The summed E-state index contributed by atoms with van der Waals surface area (Å²) in [5, 5.41) is 12.3. The van der Waals surface area contributed by atoms with Gasteiger partial charge in [0.2, 0.25) is 5.91 Å². The van der Waals surface area contributed by atoms with Crippen molar-refractivity contribution in [3.8, 4) is 5.75 Å². The lowest BCUT2D eigenvalue weighted by Gasteiger charge is -2.18. The van der Waals surface area contributed by atoms with E-state index < -0.39 is 17.8 Å². The van der Waals surface area contributed by atoms with Crippen LogP contribution in [0.2, 0.25) is 0 Å². The summed E-state index contributed by atoms with van der Waals surface area (Å²) in [5.74, 6) is -1.45. The molecule has 2 N–H and O–H groups in total. The van der Waals surface area contributed by atoms with Crippen LogP contribution in [0.5, 0.6) is 5.75 Å². The van der Waals surface area contributed by atoms with Gasteiger partial charge in [-0.15, -0.1) is 0 Å². The number of hydrogen-bond donors (Lipinski definition) is 2. The summed E-state index contributed by atoms with van der Waals surface area (Å²) in [4.78, 5) is 41.7. The highest BCUT2D eigenvalue weighted by molar-refractivity contribution is 6.32. The fourth-order valence-electron chi connectivity index (χ4n) is 3.88. The predicted molar refractivity (Wildman–Crippen MR) is 129 cm³/mol. The van der Waals surface area contributed by atoms with Crippen LogP contribution in [0.25, 0.3) is 10.9 Å². The number of aliphatic carboxylic acids is 1. The van der Waals surface area contributed by atoms with Crippen LogP contribution in [-0.4, -0.2) is 33.6 Å². The molecule has 0 fully saturated rings. The molecule has 174 valence electrons. The molecule has 0 spiro atoms. The number of methoxy groups -OCH3 is 1. The fraction of sp³-hybridized carbons (Fsp3) is 0.200. The van der Waals surface area contributed by atoms with Gasteiger partial charge >= 0.3 is 5.97 Å². The molecule has 1 atom stereocenters. The number of fused-ring (bicyclic) bond motifs is 1. The molecule has 8 nitrogen and oxygen atoms in total. The molecule has 1 aliphatic carbocycles. The standard InChI is InChI=1S/C25H22ClN3O5/c1-34-21-8-3-2-5-15(21)11-12-29-14-27-19-6-4-7-20(22(19)24(29)31)28-23(30)16-9-10-17(25(32)33)18(26)13-16/h2-10,14,16H,11-13H2,1H3,(H,28,30)(H,32,33). The Labute approximate surface area is 200 Å². The zero-order valence-corrected chi connectivity index (χ0v) is 19.1. The maximum absolute atomic E-state index is 13.3. The van der Waals surface area contributed by atoms with Gasteiger partial charge in [-0.3, -0.25) is 14.2 Å². The number of carboxylic acids is 1. The molecule has 0 saturated carbocycles. The number of anilines is 1.